The number of amides is 1. The number of hydrogen-bond donors (Lipinski definition) is 1. The van der Waals surface area contributed by atoms with Crippen molar-refractivity contribution in [2.75, 3.05) is 13.1 Å². The molecule has 1 aliphatic heterocycles. The van der Waals surface area contributed by atoms with E-state index in [0.717, 1.165) is 30.6 Å². The maximum Gasteiger partial charge on any atom is 0.253 e. The zero-order valence-electron chi connectivity index (χ0n) is 20.7. The Morgan fingerprint density at radius 3 is 2.30 bits per heavy atom. The number of nitrogens with zero attached hydrogens (tertiary/aromatic N) is 2. The normalized spacial score (nSPS) is 16.0. The molecule has 1 saturated heterocycles. The number of aryl methyl sites for hydroxylation is 2. The van der Waals surface area contributed by atoms with Gasteiger partial charge in [0.25, 0.3) is 5.91 Å². The summed E-state index contributed by atoms with van der Waals surface area (Å²) in [6.07, 6.45) is 8.21. The Balaban J connectivity index is 0.000000238. The summed E-state index contributed by atoms with van der Waals surface area (Å²) in [6.45, 7) is 13.4. The Kier molecular flexibility index (Phi) is 10.8. The van der Waals surface area contributed by atoms with Gasteiger partial charge in [0.15, 0.2) is 0 Å². The maximum absolute atomic E-state index is 12.2. The molecule has 2 aromatic rings. The molecule has 1 amide bonds. The molecule has 2 aromatic carbocycles. The second-order valence-electron chi connectivity index (χ2n) is 8.83. The fourth-order valence-corrected chi connectivity index (χ4v) is 3.54. The van der Waals surface area contributed by atoms with Gasteiger partial charge >= 0.3 is 0 Å². The lowest BCUT2D eigenvalue weighted by Crippen LogP contribution is -2.31. The van der Waals surface area contributed by atoms with Crippen molar-refractivity contribution in [2.24, 2.45) is 10.7 Å². The second-order valence-corrected chi connectivity index (χ2v) is 8.83. The van der Waals surface area contributed by atoms with Crippen LogP contribution in [0.1, 0.15) is 67.1 Å². The Hall–Kier alpha value is -2.98. The average molecular weight is 446 g/mol. The monoisotopic (exact) mass is 445 g/mol. The van der Waals surface area contributed by atoms with Crippen LogP contribution < -0.4 is 5.73 Å². The summed E-state index contributed by atoms with van der Waals surface area (Å²) in [5.41, 5.74) is 12.5. The van der Waals surface area contributed by atoms with Crippen LogP contribution in [0.4, 0.5) is 0 Å². The second kappa shape index (κ2) is 13.5. The van der Waals surface area contributed by atoms with Gasteiger partial charge in [0.1, 0.15) is 0 Å². The number of carbonyl (C=O) groups is 1. The van der Waals surface area contributed by atoms with Crippen LogP contribution in [0.15, 0.2) is 71.9 Å². The lowest BCUT2D eigenvalue weighted by molar-refractivity contribution is 0.0791. The number of allylic oxidation sites excluding steroid dienone is 3. The van der Waals surface area contributed by atoms with Crippen LogP contribution in [-0.2, 0) is 6.42 Å². The smallest absolute Gasteiger partial charge is 0.253 e. The summed E-state index contributed by atoms with van der Waals surface area (Å²) < 4.78 is 0. The predicted molar refractivity (Wildman–Crippen MR) is 142 cm³/mol. The van der Waals surface area contributed by atoms with Gasteiger partial charge in [0.05, 0.1) is 0 Å². The van der Waals surface area contributed by atoms with Gasteiger partial charge in [0.2, 0.25) is 0 Å². The summed E-state index contributed by atoms with van der Waals surface area (Å²) in [5, 5.41) is 0. The van der Waals surface area contributed by atoms with E-state index < -0.39 is 0 Å². The van der Waals surface area contributed by atoms with Crippen molar-refractivity contribution in [1.29, 1.82) is 0 Å². The molecule has 0 saturated carbocycles. The summed E-state index contributed by atoms with van der Waals surface area (Å²) in [4.78, 5) is 18.2. The van der Waals surface area contributed by atoms with Gasteiger partial charge in [-0.1, -0.05) is 61.9 Å². The van der Waals surface area contributed by atoms with E-state index in [0.29, 0.717) is 6.54 Å². The van der Waals surface area contributed by atoms with Crippen molar-refractivity contribution in [3.05, 3.63) is 89.1 Å². The number of carbonyl (C=O) groups excluding carboxylic acids is 1. The molecule has 0 aromatic heterocycles. The molecule has 3 rings (SSSR count). The Bertz CT molecular complexity index is 955. The molecule has 2 N–H and O–H groups in total. The van der Waals surface area contributed by atoms with Crippen molar-refractivity contribution in [3.8, 4) is 0 Å². The highest BCUT2D eigenvalue weighted by molar-refractivity contribution is 5.94. The highest BCUT2D eigenvalue weighted by Crippen LogP contribution is 2.15. The average Bonchev–Trinajstić information content (AvgIpc) is 3.24. The highest BCUT2D eigenvalue weighted by atomic mass is 16.2. The van der Waals surface area contributed by atoms with Crippen LogP contribution in [0, 0.1) is 6.92 Å². The fourth-order valence-electron chi connectivity index (χ4n) is 3.54. The number of benzene rings is 2. The van der Waals surface area contributed by atoms with Crippen molar-refractivity contribution in [3.63, 3.8) is 0 Å². The molecule has 0 spiro atoms. The molecule has 1 heterocycles. The van der Waals surface area contributed by atoms with E-state index in [1.807, 2.05) is 30.0 Å². The largest absolute Gasteiger partial charge is 0.337 e. The summed E-state index contributed by atoms with van der Waals surface area (Å²) in [6, 6.07) is 16.6. The van der Waals surface area contributed by atoms with Crippen LogP contribution >= 0.6 is 0 Å². The van der Waals surface area contributed by atoms with E-state index in [9.17, 15) is 4.79 Å². The third-order valence-electron chi connectivity index (χ3n) is 5.66. The Labute approximate surface area is 199 Å². The number of unbranched alkanes of at least 4 members (excludes halogenated alkanes) is 1. The summed E-state index contributed by atoms with van der Waals surface area (Å²) in [7, 11) is 0. The number of rotatable bonds is 7. The molecule has 0 bridgehead atoms. The van der Waals surface area contributed by atoms with E-state index >= 15 is 0 Å². The molecule has 1 fully saturated rings. The first-order valence-corrected chi connectivity index (χ1v) is 11.9. The van der Waals surface area contributed by atoms with Gasteiger partial charge < -0.3 is 10.6 Å². The molecule has 1 unspecified atom stereocenters. The van der Waals surface area contributed by atoms with Gasteiger partial charge in [-0.15, -0.1) is 0 Å². The van der Waals surface area contributed by atoms with Crippen LogP contribution in [0.5, 0.6) is 0 Å². The van der Waals surface area contributed by atoms with Gasteiger partial charge in [-0.2, -0.15) is 0 Å². The SMILES string of the molecule is C=C(C)N=C/C=C(\C)c1ccc(C)cc1.CCCCc1ccc(C(=O)N2CCC(N)C2)cc1. The molecule has 0 radical (unpaired) electrons. The lowest BCUT2D eigenvalue weighted by atomic mass is 10.1. The minimum Gasteiger partial charge on any atom is -0.337 e. The number of likely N-dealkylation sites (tertiary alicyclic amines) is 1. The standard InChI is InChI=1S/C15H22N2O.C14H17N/c1-2-3-4-12-5-7-13(8-6-12)15(18)17-10-9-14(16)11-17;1-11(2)15-10-9-13(4)14-7-5-12(3)6-8-14/h5-8,14H,2-4,9-11,16H2,1H3;5-10H,1H2,2-4H3/b;13-9+,15-10?. The van der Waals surface area contributed by atoms with Crippen LogP contribution in [-0.4, -0.2) is 36.2 Å². The van der Waals surface area contributed by atoms with Crippen LogP contribution in [0.3, 0.4) is 0 Å². The zero-order chi connectivity index (χ0) is 24.2. The molecule has 4 heteroatoms. The van der Waals surface area contributed by atoms with Crippen molar-refractivity contribution in [1.82, 2.24) is 4.90 Å². The molecule has 1 atom stereocenters. The zero-order valence-corrected chi connectivity index (χ0v) is 20.7. The van der Waals surface area contributed by atoms with E-state index in [-0.39, 0.29) is 11.9 Å². The molecule has 0 aliphatic carbocycles. The quantitative estimate of drug-likeness (QED) is 0.515. The third-order valence-corrected chi connectivity index (χ3v) is 5.66. The molecular formula is C29H39N3O. The Morgan fingerprint density at radius 1 is 1.12 bits per heavy atom. The fraction of sp³-hybridized carbons (Fsp3) is 0.379. The summed E-state index contributed by atoms with van der Waals surface area (Å²) in [5.74, 6) is 0.116. The molecule has 33 heavy (non-hydrogen) atoms. The summed E-state index contributed by atoms with van der Waals surface area (Å²) >= 11 is 0. The maximum atomic E-state index is 12.2. The minimum absolute atomic E-state index is 0.116. The van der Waals surface area contributed by atoms with E-state index in [1.165, 1.54) is 35.1 Å². The number of nitrogens with two attached hydrogens (primary N) is 1. The number of aliphatic imine (C=N–C) groups is 1. The van der Waals surface area contributed by atoms with E-state index in [4.69, 9.17) is 5.73 Å². The molecular weight excluding hydrogens is 406 g/mol. The molecule has 1 aliphatic rings. The first kappa shape index (κ1) is 26.3. The van der Waals surface area contributed by atoms with Gasteiger partial charge in [-0.3, -0.25) is 9.79 Å². The minimum atomic E-state index is 0.116. The molecule has 4 nitrogen and oxygen atoms in total. The van der Waals surface area contributed by atoms with Gasteiger partial charge in [-0.25, -0.2) is 0 Å². The van der Waals surface area contributed by atoms with Crippen LogP contribution in [0.25, 0.3) is 5.57 Å². The third kappa shape index (κ3) is 9.19. The number of hydrogen-bond acceptors (Lipinski definition) is 3. The van der Waals surface area contributed by atoms with Crippen molar-refractivity contribution in [2.45, 2.75) is 59.4 Å². The van der Waals surface area contributed by atoms with Gasteiger partial charge in [0, 0.05) is 36.6 Å². The first-order chi connectivity index (χ1) is 15.8. The van der Waals surface area contributed by atoms with Crippen LogP contribution in [0.2, 0.25) is 0 Å². The van der Waals surface area contributed by atoms with E-state index in [1.54, 1.807) is 6.21 Å². The van der Waals surface area contributed by atoms with Crippen molar-refractivity contribution < 1.29 is 4.79 Å². The highest BCUT2D eigenvalue weighted by Gasteiger charge is 2.24. The first-order valence-electron chi connectivity index (χ1n) is 11.9. The Morgan fingerprint density at radius 2 is 1.76 bits per heavy atom. The van der Waals surface area contributed by atoms with Gasteiger partial charge in [-0.05, 0) is 74.9 Å². The lowest BCUT2D eigenvalue weighted by Gasteiger charge is -2.15. The van der Waals surface area contributed by atoms with Crippen molar-refractivity contribution >= 4 is 17.7 Å². The topological polar surface area (TPSA) is 58.7 Å². The van der Waals surface area contributed by atoms with E-state index in [2.05, 4.69) is 68.7 Å². The molecule has 176 valence electrons. The predicted octanol–water partition coefficient (Wildman–Crippen LogP) is 6.21.